The van der Waals surface area contributed by atoms with Crippen LogP contribution in [0.5, 0.6) is 0 Å². The molecular weight excluding hydrogens is 458 g/mol. The number of para-hydroxylation sites is 1. The van der Waals surface area contributed by atoms with E-state index in [0.717, 1.165) is 38.9 Å². The number of carbonyl (C=O) groups is 1. The van der Waals surface area contributed by atoms with Crippen LogP contribution in [0.3, 0.4) is 0 Å². The highest BCUT2D eigenvalue weighted by Gasteiger charge is 2.28. The highest BCUT2D eigenvalue weighted by atomic mass is 32.2. The number of aromatic nitrogens is 1. The second-order valence-electron chi connectivity index (χ2n) is 7.60. The largest absolute Gasteiger partial charge is 0.481 e. The molecule has 0 saturated heterocycles. The molecule has 0 aliphatic heterocycles. The van der Waals surface area contributed by atoms with E-state index in [1.54, 1.807) is 36.5 Å². The number of sulfone groups is 1. The number of carboxylic acids is 1. The molecule has 8 heteroatoms. The van der Waals surface area contributed by atoms with Crippen LogP contribution in [-0.4, -0.2) is 35.3 Å². The lowest BCUT2D eigenvalue weighted by atomic mass is 10.0. The van der Waals surface area contributed by atoms with Gasteiger partial charge in [0.05, 0.1) is 23.2 Å². The first-order valence-corrected chi connectivity index (χ1v) is 12.6. The van der Waals surface area contributed by atoms with E-state index < -0.39 is 27.5 Å². The van der Waals surface area contributed by atoms with Gasteiger partial charge in [-0.15, -0.1) is 11.3 Å². The third-order valence-electron chi connectivity index (χ3n) is 5.27. The molecule has 3 N–H and O–H groups in total. The van der Waals surface area contributed by atoms with Gasteiger partial charge in [-0.25, -0.2) is 8.42 Å². The zero-order chi connectivity index (χ0) is 23.4. The molecule has 0 saturated carbocycles. The number of hydrogen-bond donors (Lipinski definition) is 3. The number of thiophene rings is 1. The molecule has 33 heavy (non-hydrogen) atoms. The lowest BCUT2D eigenvalue weighted by Crippen LogP contribution is -2.25. The summed E-state index contributed by atoms with van der Waals surface area (Å²) in [5.41, 5.74) is 3.19. The van der Waals surface area contributed by atoms with Crippen LogP contribution in [0.15, 0.2) is 71.1 Å². The Morgan fingerprint density at radius 3 is 2.52 bits per heavy atom. The van der Waals surface area contributed by atoms with Crippen molar-refractivity contribution < 1.29 is 23.4 Å². The minimum atomic E-state index is -3.80. The molecule has 0 amide bonds. The average molecular weight is 480 g/mol. The van der Waals surface area contributed by atoms with E-state index >= 15 is 0 Å². The number of aromatic amines is 1. The van der Waals surface area contributed by atoms with Crippen LogP contribution in [0, 0.1) is 17.8 Å². The van der Waals surface area contributed by atoms with Gasteiger partial charge in [0.1, 0.15) is 4.21 Å². The van der Waals surface area contributed by atoms with Crippen molar-refractivity contribution in [3.8, 4) is 11.8 Å². The van der Waals surface area contributed by atoms with Gasteiger partial charge < -0.3 is 15.2 Å². The summed E-state index contributed by atoms with van der Waals surface area (Å²) in [7, 11) is -3.80. The molecule has 0 aliphatic carbocycles. The molecule has 2 aromatic carbocycles. The fourth-order valence-corrected chi connectivity index (χ4v) is 6.31. The van der Waals surface area contributed by atoms with Crippen LogP contribution in [0.4, 0.5) is 0 Å². The van der Waals surface area contributed by atoms with E-state index in [-0.39, 0.29) is 17.2 Å². The first-order valence-electron chi connectivity index (χ1n) is 10.2. The Bertz CT molecular complexity index is 1450. The van der Waals surface area contributed by atoms with Gasteiger partial charge >= 0.3 is 5.97 Å². The normalized spacial score (nSPS) is 12.3. The number of H-pyrrole nitrogens is 1. The minimum absolute atomic E-state index is 0.0441. The van der Waals surface area contributed by atoms with E-state index in [1.165, 1.54) is 6.07 Å². The topological polar surface area (TPSA) is 107 Å². The molecule has 1 atom stereocenters. The number of aliphatic hydroxyl groups is 1. The predicted molar refractivity (Wildman–Crippen MR) is 128 cm³/mol. The first-order chi connectivity index (χ1) is 15.9. The summed E-state index contributed by atoms with van der Waals surface area (Å²) in [5.74, 6) is 3.21. The van der Waals surface area contributed by atoms with Gasteiger partial charge in [-0.3, -0.25) is 4.79 Å². The Morgan fingerprint density at radius 1 is 1.03 bits per heavy atom. The van der Waals surface area contributed by atoms with Gasteiger partial charge in [-0.2, -0.15) is 0 Å². The van der Waals surface area contributed by atoms with Crippen molar-refractivity contribution in [2.24, 2.45) is 5.92 Å². The van der Waals surface area contributed by atoms with Crippen molar-refractivity contribution in [3.05, 3.63) is 88.4 Å². The van der Waals surface area contributed by atoms with E-state index in [4.69, 9.17) is 5.11 Å². The maximum absolute atomic E-state index is 13.0. The van der Waals surface area contributed by atoms with Gasteiger partial charge in [0.25, 0.3) is 0 Å². The lowest BCUT2D eigenvalue weighted by Gasteiger charge is -2.11. The number of carboxylic acid groups (broad SMARTS) is 1. The Balaban J connectivity index is 1.51. The summed E-state index contributed by atoms with van der Waals surface area (Å²) < 4.78 is 26.0. The smallest absolute Gasteiger partial charge is 0.307 e. The third-order valence-corrected chi connectivity index (χ3v) is 8.66. The zero-order valence-electron chi connectivity index (χ0n) is 17.5. The molecule has 168 valence electrons. The van der Waals surface area contributed by atoms with E-state index in [0.29, 0.717) is 4.88 Å². The molecule has 0 fully saturated rings. The van der Waals surface area contributed by atoms with Crippen molar-refractivity contribution >= 4 is 38.0 Å². The predicted octanol–water partition coefficient (Wildman–Crippen LogP) is 3.84. The fraction of sp³-hybridized carbons (Fsp3) is 0.160. The summed E-state index contributed by atoms with van der Waals surface area (Å²) in [4.78, 5) is 15.5. The third kappa shape index (κ3) is 5.34. The summed E-state index contributed by atoms with van der Waals surface area (Å²) in [5, 5.41) is 19.7. The SMILES string of the molecule is O=C(O)[C@@H](Cc1c[nH]c2ccccc12)CS(=O)(=O)c1ccc(C#Cc2ccc(CO)cc2)s1. The van der Waals surface area contributed by atoms with Crippen LogP contribution in [-0.2, 0) is 27.7 Å². The molecule has 6 nitrogen and oxygen atoms in total. The van der Waals surface area contributed by atoms with Crippen molar-refractivity contribution in [3.63, 3.8) is 0 Å². The Labute approximate surface area is 195 Å². The number of aliphatic carboxylic acids is 1. The molecule has 0 bridgehead atoms. The summed E-state index contributed by atoms with van der Waals surface area (Å²) in [6.45, 7) is -0.0441. The maximum Gasteiger partial charge on any atom is 0.307 e. The summed E-state index contributed by atoms with van der Waals surface area (Å²) >= 11 is 1.03. The molecule has 4 rings (SSSR count). The fourth-order valence-electron chi connectivity index (χ4n) is 3.51. The van der Waals surface area contributed by atoms with Crippen LogP contribution >= 0.6 is 11.3 Å². The Kier molecular flexibility index (Phi) is 6.65. The molecule has 2 heterocycles. The molecule has 2 aromatic heterocycles. The number of benzene rings is 2. The van der Waals surface area contributed by atoms with Crippen molar-refractivity contribution in [2.45, 2.75) is 17.2 Å². The summed E-state index contributed by atoms with van der Waals surface area (Å²) in [6, 6.07) is 17.7. The van der Waals surface area contributed by atoms with Crippen LogP contribution in [0.1, 0.15) is 21.6 Å². The standard InChI is InChI=1S/C25H21NO5S2/c27-15-18-7-5-17(6-8-18)9-10-21-11-12-24(32-21)33(30,31)16-20(25(28)29)13-19-14-26-23-4-2-1-3-22(19)23/h1-8,11-12,14,20,26-27H,13,15-16H2,(H,28,29)/t20-/m0/s1. The van der Waals surface area contributed by atoms with Crippen molar-refractivity contribution in [1.82, 2.24) is 4.98 Å². The highest BCUT2D eigenvalue weighted by Crippen LogP contribution is 2.26. The second-order valence-corrected chi connectivity index (χ2v) is 10.9. The van der Waals surface area contributed by atoms with Gasteiger partial charge in [0, 0.05) is 22.7 Å². The van der Waals surface area contributed by atoms with E-state index in [2.05, 4.69) is 16.8 Å². The summed E-state index contributed by atoms with van der Waals surface area (Å²) in [6.07, 6.45) is 1.85. The van der Waals surface area contributed by atoms with E-state index in [9.17, 15) is 18.3 Å². The Morgan fingerprint density at radius 2 is 1.79 bits per heavy atom. The first kappa shape index (κ1) is 22.8. The molecule has 0 radical (unpaired) electrons. The number of rotatable bonds is 7. The number of nitrogens with one attached hydrogen (secondary N) is 1. The maximum atomic E-state index is 13.0. The molecule has 0 unspecified atom stereocenters. The number of fused-ring (bicyclic) bond motifs is 1. The molecular formula is C25H21NO5S2. The van der Waals surface area contributed by atoms with Gasteiger partial charge in [0.15, 0.2) is 9.84 Å². The number of aliphatic hydroxyl groups excluding tert-OH is 1. The van der Waals surface area contributed by atoms with E-state index in [1.807, 2.05) is 24.3 Å². The zero-order valence-corrected chi connectivity index (χ0v) is 19.1. The van der Waals surface area contributed by atoms with Gasteiger partial charge in [-0.05, 0) is 47.9 Å². The van der Waals surface area contributed by atoms with Crippen LogP contribution in [0.25, 0.3) is 10.9 Å². The van der Waals surface area contributed by atoms with Crippen LogP contribution in [0.2, 0.25) is 0 Å². The lowest BCUT2D eigenvalue weighted by molar-refractivity contribution is -0.140. The highest BCUT2D eigenvalue weighted by molar-refractivity contribution is 7.93. The molecule has 0 spiro atoms. The Hall–Kier alpha value is -3.38. The quantitative estimate of drug-likeness (QED) is 0.349. The molecule has 0 aliphatic rings. The van der Waals surface area contributed by atoms with Crippen molar-refractivity contribution in [1.29, 1.82) is 0 Å². The van der Waals surface area contributed by atoms with Crippen LogP contribution < -0.4 is 0 Å². The minimum Gasteiger partial charge on any atom is -0.481 e. The monoisotopic (exact) mass is 479 g/mol. The average Bonchev–Trinajstić information content (AvgIpc) is 3.45. The molecule has 4 aromatic rings. The van der Waals surface area contributed by atoms with Crippen molar-refractivity contribution in [2.75, 3.05) is 5.75 Å². The number of hydrogen-bond acceptors (Lipinski definition) is 5. The van der Waals surface area contributed by atoms with Gasteiger partial charge in [0.2, 0.25) is 0 Å². The van der Waals surface area contributed by atoms with Gasteiger partial charge in [-0.1, -0.05) is 42.2 Å². The second kappa shape index (κ2) is 9.63.